The SMILES string of the molecule is N=C(N)c1ccc(-c2ccc3[nH]c4ccc(-c5ccc(C(=N)N)cc5)cc4c3c2)cc1. The first-order valence-corrected chi connectivity index (χ1v) is 9.95. The van der Waals surface area contributed by atoms with Gasteiger partial charge >= 0.3 is 0 Å². The number of hydrogen-bond donors (Lipinski definition) is 5. The van der Waals surface area contributed by atoms with Crippen molar-refractivity contribution in [2.75, 3.05) is 0 Å². The predicted octanol–water partition coefficient (Wildman–Crippen LogP) is 5.22. The van der Waals surface area contributed by atoms with Gasteiger partial charge in [0, 0.05) is 32.9 Å². The zero-order valence-electron chi connectivity index (χ0n) is 16.7. The standard InChI is InChI=1S/C26H21N5/c27-25(28)17-5-1-15(2-6-17)19-9-11-23-21(13-19)22-14-20(10-12-24(22)31-23)16-3-7-18(8-4-16)26(29)30/h1-14,31H,(H3,27,28)(H3,29,30). The molecule has 0 unspecified atom stereocenters. The van der Waals surface area contributed by atoms with E-state index in [1.54, 1.807) is 0 Å². The van der Waals surface area contributed by atoms with Crippen LogP contribution in [0.4, 0.5) is 0 Å². The van der Waals surface area contributed by atoms with Crippen LogP contribution in [0.1, 0.15) is 11.1 Å². The summed E-state index contributed by atoms with van der Waals surface area (Å²) in [4.78, 5) is 3.49. The van der Waals surface area contributed by atoms with Crippen LogP contribution in [0.25, 0.3) is 44.1 Å². The fourth-order valence-corrected chi connectivity index (χ4v) is 3.94. The lowest BCUT2D eigenvalue weighted by Crippen LogP contribution is -2.10. The Morgan fingerprint density at radius 1 is 0.516 bits per heavy atom. The average molecular weight is 403 g/mol. The van der Waals surface area contributed by atoms with Crippen molar-refractivity contribution in [1.82, 2.24) is 4.98 Å². The number of nitrogen functional groups attached to an aromatic ring is 2. The van der Waals surface area contributed by atoms with Gasteiger partial charge in [-0.1, -0.05) is 60.7 Å². The van der Waals surface area contributed by atoms with Gasteiger partial charge in [0.2, 0.25) is 0 Å². The summed E-state index contributed by atoms with van der Waals surface area (Å²) in [5.74, 6) is 0.144. The molecule has 4 aromatic carbocycles. The third-order valence-corrected chi connectivity index (χ3v) is 5.66. The molecule has 150 valence electrons. The van der Waals surface area contributed by atoms with Crippen molar-refractivity contribution >= 4 is 33.5 Å². The van der Waals surface area contributed by atoms with Crippen LogP contribution < -0.4 is 11.5 Å². The van der Waals surface area contributed by atoms with E-state index in [2.05, 4.69) is 41.4 Å². The Morgan fingerprint density at radius 3 is 1.23 bits per heavy atom. The van der Waals surface area contributed by atoms with Crippen LogP contribution in [0, 0.1) is 10.8 Å². The van der Waals surface area contributed by atoms with Gasteiger partial charge < -0.3 is 16.5 Å². The molecule has 0 radical (unpaired) electrons. The summed E-state index contributed by atoms with van der Waals surface area (Å²) in [6.07, 6.45) is 0. The quantitative estimate of drug-likeness (QED) is 0.209. The number of amidine groups is 2. The minimum Gasteiger partial charge on any atom is -0.384 e. The molecule has 5 aromatic rings. The number of hydrogen-bond acceptors (Lipinski definition) is 2. The fraction of sp³-hybridized carbons (Fsp3) is 0. The average Bonchev–Trinajstić information content (AvgIpc) is 3.16. The molecule has 0 amide bonds. The van der Waals surface area contributed by atoms with E-state index in [9.17, 15) is 0 Å². The molecule has 31 heavy (non-hydrogen) atoms. The first-order valence-electron chi connectivity index (χ1n) is 9.95. The molecular formula is C26H21N5. The number of fused-ring (bicyclic) bond motifs is 3. The van der Waals surface area contributed by atoms with Gasteiger partial charge in [-0.05, 0) is 46.5 Å². The number of aromatic nitrogens is 1. The van der Waals surface area contributed by atoms with Crippen LogP contribution in [-0.4, -0.2) is 16.7 Å². The zero-order valence-corrected chi connectivity index (χ0v) is 16.7. The Bertz CT molecular complexity index is 1350. The highest BCUT2D eigenvalue weighted by molar-refractivity contribution is 6.09. The number of benzene rings is 4. The minimum atomic E-state index is 0.0718. The molecular weight excluding hydrogens is 382 g/mol. The van der Waals surface area contributed by atoms with Crippen molar-refractivity contribution in [2.45, 2.75) is 0 Å². The Balaban J connectivity index is 1.60. The molecule has 0 aliphatic carbocycles. The van der Waals surface area contributed by atoms with Crippen LogP contribution >= 0.6 is 0 Å². The van der Waals surface area contributed by atoms with E-state index in [-0.39, 0.29) is 11.7 Å². The summed E-state index contributed by atoms with van der Waals surface area (Å²) in [5.41, 5.74) is 19.1. The number of aromatic amines is 1. The maximum absolute atomic E-state index is 7.57. The van der Waals surface area contributed by atoms with Crippen molar-refractivity contribution in [3.63, 3.8) is 0 Å². The molecule has 1 aromatic heterocycles. The third kappa shape index (κ3) is 3.32. The van der Waals surface area contributed by atoms with Gasteiger partial charge in [0.15, 0.2) is 0 Å². The Morgan fingerprint density at radius 2 is 0.871 bits per heavy atom. The number of H-pyrrole nitrogens is 1. The van der Waals surface area contributed by atoms with E-state index in [4.69, 9.17) is 22.3 Å². The molecule has 0 atom stereocenters. The Hall–Kier alpha value is -4.38. The largest absolute Gasteiger partial charge is 0.384 e. The van der Waals surface area contributed by atoms with E-state index in [1.165, 1.54) is 0 Å². The monoisotopic (exact) mass is 403 g/mol. The van der Waals surface area contributed by atoms with Gasteiger partial charge in [0.1, 0.15) is 11.7 Å². The highest BCUT2D eigenvalue weighted by Crippen LogP contribution is 2.33. The summed E-state index contributed by atoms with van der Waals surface area (Å²) in [7, 11) is 0. The van der Waals surface area contributed by atoms with E-state index in [0.29, 0.717) is 0 Å². The zero-order chi connectivity index (χ0) is 21.5. The van der Waals surface area contributed by atoms with Gasteiger partial charge in [0.25, 0.3) is 0 Å². The van der Waals surface area contributed by atoms with Crippen molar-refractivity contribution in [3.8, 4) is 22.3 Å². The first-order chi connectivity index (χ1) is 15.0. The molecule has 0 saturated heterocycles. The second-order valence-corrected chi connectivity index (χ2v) is 7.63. The molecule has 1 heterocycles. The lowest BCUT2D eigenvalue weighted by Gasteiger charge is -2.05. The number of nitrogens with one attached hydrogen (secondary N) is 3. The molecule has 0 aliphatic heterocycles. The molecule has 0 aliphatic rings. The number of nitrogens with two attached hydrogens (primary N) is 2. The minimum absolute atomic E-state index is 0.0718. The molecule has 0 saturated carbocycles. The van der Waals surface area contributed by atoms with Gasteiger partial charge in [-0.15, -0.1) is 0 Å². The lowest BCUT2D eigenvalue weighted by molar-refractivity contribution is 1.42. The fourth-order valence-electron chi connectivity index (χ4n) is 3.94. The lowest BCUT2D eigenvalue weighted by atomic mass is 9.99. The van der Waals surface area contributed by atoms with Crippen molar-refractivity contribution in [3.05, 3.63) is 96.1 Å². The normalized spacial score (nSPS) is 11.1. The molecule has 5 heteroatoms. The van der Waals surface area contributed by atoms with Crippen molar-refractivity contribution < 1.29 is 0 Å². The molecule has 0 fully saturated rings. The van der Waals surface area contributed by atoms with E-state index >= 15 is 0 Å². The van der Waals surface area contributed by atoms with Gasteiger partial charge in [-0.3, -0.25) is 10.8 Å². The van der Waals surface area contributed by atoms with Crippen LogP contribution in [-0.2, 0) is 0 Å². The van der Waals surface area contributed by atoms with E-state index in [0.717, 1.165) is 55.2 Å². The van der Waals surface area contributed by atoms with Gasteiger partial charge in [0.05, 0.1) is 0 Å². The first kappa shape index (κ1) is 18.6. The second-order valence-electron chi connectivity index (χ2n) is 7.63. The Labute approximate surface area is 179 Å². The topological polar surface area (TPSA) is 116 Å². The molecule has 5 rings (SSSR count). The summed E-state index contributed by atoms with van der Waals surface area (Å²) in [6, 6.07) is 28.3. The maximum atomic E-state index is 7.57. The highest BCUT2D eigenvalue weighted by atomic mass is 14.7. The van der Waals surface area contributed by atoms with Crippen molar-refractivity contribution in [2.24, 2.45) is 11.5 Å². The summed E-state index contributed by atoms with van der Waals surface area (Å²) >= 11 is 0. The molecule has 5 nitrogen and oxygen atoms in total. The van der Waals surface area contributed by atoms with Crippen LogP contribution in [0.3, 0.4) is 0 Å². The molecule has 0 bridgehead atoms. The van der Waals surface area contributed by atoms with E-state index in [1.807, 2.05) is 48.5 Å². The molecule has 7 N–H and O–H groups in total. The second kappa shape index (κ2) is 7.15. The molecule has 0 spiro atoms. The summed E-state index contributed by atoms with van der Waals surface area (Å²) < 4.78 is 0. The van der Waals surface area contributed by atoms with Crippen LogP contribution in [0.2, 0.25) is 0 Å². The van der Waals surface area contributed by atoms with Crippen molar-refractivity contribution in [1.29, 1.82) is 10.8 Å². The van der Waals surface area contributed by atoms with Crippen LogP contribution in [0.15, 0.2) is 84.9 Å². The maximum Gasteiger partial charge on any atom is 0.122 e. The summed E-state index contributed by atoms with van der Waals surface area (Å²) in [6.45, 7) is 0. The van der Waals surface area contributed by atoms with Gasteiger partial charge in [-0.2, -0.15) is 0 Å². The predicted molar refractivity (Wildman–Crippen MR) is 129 cm³/mol. The smallest absolute Gasteiger partial charge is 0.122 e. The Kier molecular flexibility index (Phi) is 4.30. The van der Waals surface area contributed by atoms with E-state index < -0.39 is 0 Å². The number of rotatable bonds is 4. The van der Waals surface area contributed by atoms with Gasteiger partial charge in [-0.25, -0.2) is 0 Å². The third-order valence-electron chi connectivity index (χ3n) is 5.66. The summed E-state index contributed by atoms with van der Waals surface area (Å²) in [5, 5.41) is 17.5. The highest BCUT2D eigenvalue weighted by Gasteiger charge is 2.09. The van der Waals surface area contributed by atoms with Crippen LogP contribution in [0.5, 0.6) is 0 Å².